The van der Waals surface area contributed by atoms with Gasteiger partial charge in [0.15, 0.2) is 0 Å². The second-order valence-electron chi connectivity index (χ2n) is 14.1. The first-order valence-corrected chi connectivity index (χ1v) is 19.4. The predicted octanol–water partition coefficient (Wildman–Crippen LogP) is -2.81. The molecule has 21 nitrogen and oxygen atoms in total. The number of primary amides is 1. The molecule has 1 aromatic heterocycles. The Labute approximate surface area is 328 Å². The van der Waals surface area contributed by atoms with E-state index in [0.29, 0.717) is 17.9 Å². The summed E-state index contributed by atoms with van der Waals surface area (Å²) in [5, 5.41) is 31.1. The monoisotopic (exact) mass is 810 g/mol. The van der Waals surface area contributed by atoms with Gasteiger partial charge >= 0.3 is 11.9 Å². The number of H-pyrrole nitrogens is 1. The van der Waals surface area contributed by atoms with Gasteiger partial charge in [-0.1, -0.05) is 27.7 Å². The van der Waals surface area contributed by atoms with Crippen molar-refractivity contribution in [3.05, 3.63) is 18.2 Å². The Hall–Kier alpha value is -5.25. The van der Waals surface area contributed by atoms with Crippen molar-refractivity contribution in [2.45, 2.75) is 109 Å². The van der Waals surface area contributed by atoms with Crippen molar-refractivity contribution in [3.63, 3.8) is 0 Å². The maximum absolute atomic E-state index is 14.0. The minimum Gasteiger partial charge on any atom is -0.481 e. The van der Waals surface area contributed by atoms with Gasteiger partial charge in [0.05, 0.1) is 25.2 Å². The van der Waals surface area contributed by atoms with E-state index in [1.54, 1.807) is 34.0 Å². The molecule has 1 saturated heterocycles. The molecular weight excluding hydrogens is 756 g/mol. The standard InChI is InChI=1S/C34H54N10O11S/c1-16(2)26(42-28(48)19(35)12-25(46)47)32(52)43-27(17(3)4)33(53)44-9-6-7-23(44)31(51)41-22(13-24(36)45)30(50)40-21(11-18-14-37-15-38-18)29(49)39-20(34(54)55)8-10-56-5/h14-17,19-23,26-27H,6-13,35H2,1-5H3,(H2,36,45)(H,37,38)(H,39,49)(H,40,50)(H,41,51)(H,42,48)(H,43,52)(H,46,47)(H,54,55). The lowest BCUT2D eigenvalue weighted by atomic mass is 9.98. The van der Waals surface area contributed by atoms with Crippen LogP contribution >= 0.6 is 11.8 Å². The Morgan fingerprint density at radius 2 is 1.46 bits per heavy atom. The van der Waals surface area contributed by atoms with Gasteiger partial charge in [-0.25, -0.2) is 9.78 Å². The SMILES string of the molecule is CSCCC(NC(=O)C(Cc1cnc[nH]1)NC(=O)C(CC(N)=O)NC(=O)C1CCCN1C(=O)C(NC(=O)C(NC(=O)C(N)CC(=O)O)C(C)C)C(C)C)C(=O)O. The number of hydrogen-bond acceptors (Lipinski definition) is 12. The molecule has 0 aromatic carbocycles. The number of amides is 7. The highest BCUT2D eigenvalue weighted by molar-refractivity contribution is 7.98. The van der Waals surface area contributed by atoms with E-state index in [-0.39, 0.29) is 25.8 Å². The normalized spacial score (nSPS) is 17.1. The fraction of sp³-hybridized carbons (Fsp3) is 0.647. The first-order valence-electron chi connectivity index (χ1n) is 18.0. The Balaban J connectivity index is 2.27. The summed E-state index contributed by atoms with van der Waals surface area (Å²) >= 11 is 1.38. The van der Waals surface area contributed by atoms with Gasteiger partial charge in [-0.3, -0.25) is 38.4 Å². The van der Waals surface area contributed by atoms with E-state index in [0.717, 1.165) is 0 Å². The number of aromatic amines is 1. The third-order valence-corrected chi connectivity index (χ3v) is 9.57. The van der Waals surface area contributed by atoms with Crippen LogP contribution in [-0.2, 0) is 49.6 Å². The van der Waals surface area contributed by atoms with Crippen LogP contribution in [0.4, 0.5) is 0 Å². The number of carboxylic acids is 2. The van der Waals surface area contributed by atoms with E-state index in [2.05, 4.69) is 36.6 Å². The highest BCUT2D eigenvalue weighted by Gasteiger charge is 2.41. The van der Waals surface area contributed by atoms with Crippen LogP contribution in [0.2, 0.25) is 0 Å². The number of likely N-dealkylation sites (tertiary alicyclic amines) is 1. The Morgan fingerprint density at radius 1 is 0.857 bits per heavy atom. The molecule has 0 aliphatic carbocycles. The highest BCUT2D eigenvalue weighted by Crippen LogP contribution is 2.21. The molecule has 0 spiro atoms. The van der Waals surface area contributed by atoms with Crippen LogP contribution in [-0.4, -0.2) is 139 Å². The van der Waals surface area contributed by atoms with Gasteiger partial charge in [-0.2, -0.15) is 11.8 Å². The van der Waals surface area contributed by atoms with Crippen LogP contribution in [0.15, 0.2) is 12.5 Å². The Bertz CT molecular complexity index is 1580. The molecule has 22 heteroatoms. The van der Waals surface area contributed by atoms with Crippen molar-refractivity contribution in [2.75, 3.05) is 18.6 Å². The summed E-state index contributed by atoms with van der Waals surface area (Å²) < 4.78 is 0. The topological polar surface area (TPSA) is 338 Å². The largest absolute Gasteiger partial charge is 0.481 e. The smallest absolute Gasteiger partial charge is 0.326 e. The van der Waals surface area contributed by atoms with Crippen LogP contribution in [0, 0.1) is 11.8 Å². The molecule has 0 radical (unpaired) electrons. The molecule has 2 heterocycles. The molecule has 7 amide bonds. The Morgan fingerprint density at radius 3 is 2.00 bits per heavy atom. The molecule has 7 unspecified atom stereocenters. The number of carbonyl (C=O) groups is 9. The Kier molecular flexibility index (Phi) is 18.7. The van der Waals surface area contributed by atoms with Gasteiger partial charge in [0.1, 0.15) is 36.3 Å². The van der Waals surface area contributed by atoms with E-state index >= 15 is 0 Å². The third kappa shape index (κ3) is 14.4. The van der Waals surface area contributed by atoms with Crippen molar-refractivity contribution >= 4 is 65.1 Å². The fourth-order valence-electron chi connectivity index (χ4n) is 5.86. The molecule has 312 valence electrons. The zero-order chi connectivity index (χ0) is 42.3. The van der Waals surface area contributed by atoms with E-state index in [4.69, 9.17) is 16.6 Å². The van der Waals surface area contributed by atoms with Crippen LogP contribution in [0.1, 0.15) is 65.5 Å². The molecule has 0 saturated carbocycles. The maximum atomic E-state index is 14.0. The molecule has 1 aliphatic heterocycles. The molecule has 1 fully saturated rings. The fourth-order valence-corrected chi connectivity index (χ4v) is 6.33. The predicted molar refractivity (Wildman–Crippen MR) is 201 cm³/mol. The molecular formula is C34H54N10O11S. The number of thioether (sulfide) groups is 1. The molecule has 12 N–H and O–H groups in total. The number of imidazole rings is 1. The summed E-state index contributed by atoms with van der Waals surface area (Å²) in [5.74, 6) is -9.04. The summed E-state index contributed by atoms with van der Waals surface area (Å²) in [4.78, 5) is 123. The number of aromatic nitrogens is 2. The lowest BCUT2D eigenvalue weighted by molar-refractivity contribution is -0.144. The van der Waals surface area contributed by atoms with Gasteiger partial charge in [0.25, 0.3) is 0 Å². The number of nitrogens with zero attached hydrogens (tertiary/aromatic N) is 2. The summed E-state index contributed by atoms with van der Waals surface area (Å²) in [6.07, 6.45) is 3.62. The first kappa shape index (κ1) is 46.9. The minimum absolute atomic E-state index is 0.101. The average Bonchev–Trinajstić information content (AvgIpc) is 3.82. The summed E-state index contributed by atoms with van der Waals surface area (Å²) in [6.45, 7) is 6.67. The maximum Gasteiger partial charge on any atom is 0.326 e. The number of carbonyl (C=O) groups excluding carboxylic acids is 7. The zero-order valence-electron chi connectivity index (χ0n) is 32.0. The van der Waals surface area contributed by atoms with Gasteiger partial charge in [0, 0.05) is 24.9 Å². The average molecular weight is 811 g/mol. The molecule has 0 bridgehead atoms. The van der Waals surface area contributed by atoms with E-state index in [1.807, 2.05) is 0 Å². The van der Waals surface area contributed by atoms with Crippen molar-refractivity contribution in [1.29, 1.82) is 0 Å². The lowest BCUT2D eigenvalue weighted by Crippen LogP contribution is -2.61. The highest BCUT2D eigenvalue weighted by atomic mass is 32.2. The summed E-state index contributed by atoms with van der Waals surface area (Å²) in [6, 6.07) is -9.18. The molecule has 1 aliphatic rings. The van der Waals surface area contributed by atoms with E-state index in [1.165, 1.54) is 29.2 Å². The zero-order valence-corrected chi connectivity index (χ0v) is 32.9. The van der Waals surface area contributed by atoms with Crippen LogP contribution in [0.25, 0.3) is 0 Å². The van der Waals surface area contributed by atoms with E-state index in [9.17, 15) is 48.3 Å². The van der Waals surface area contributed by atoms with E-state index < -0.39 is 120 Å². The van der Waals surface area contributed by atoms with Crippen molar-refractivity contribution in [3.8, 4) is 0 Å². The van der Waals surface area contributed by atoms with Crippen molar-refractivity contribution in [1.82, 2.24) is 41.5 Å². The number of aliphatic carboxylic acids is 2. The molecule has 1 aromatic rings. The number of nitrogens with one attached hydrogen (secondary N) is 6. The quantitative estimate of drug-likeness (QED) is 0.0534. The molecule has 7 atom stereocenters. The number of nitrogens with two attached hydrogens (primary N) is 2. The van der Waals surface area contributed by atoms with Crippen molar-refractivity contribution < 1.29 is 53.4 Å². The van der Waals surface area contributed by atoms with Gasteiger partial charge in [-0.05, 0) is 43.1 Å². The van der Waals surface area contributed by atoms with Gasteiger partial charge in [-0.15, -0.1) is 0 Å². The van der Waals surface area contributed by atoms with Crippen LogP contribution < -0.4 is 38.1 Å². The number of hydrogen-bond donors (Lipinski definition) is 10. The van der Waals surface area contributed by atoms with Crippen LogP contribution in [0.5, 0.6) is 0 Å². The van der Waals surface area contributed by atoms with Crippen molar-refractivity contribution in [2.24, 2.45) is 23.3 Å². The molecule has 2 rings (SSSR count). The second-order valence-corrected chi connectivity index (χ2v) is 15.1. The number of carboxylic acid groups (broad SMARTS) is 2. The van der Waals surface area contributed by atoms with Gasteiger partial charge in [0.2, 0.25) is 41.4 Å². The summed E-state index contributed by atoms with van der Waals surface area (Å²) in [7, 11) is 0. The first-order chi connectivity index (χ1) is 26.3. The lowest BCUT2D eigenvalue weighted by Gasteiger charge is -2.32. The number of rotatable bonds is 23. The minimum atomic E-state index is -1.61. The molecule has 56 heavy (non-hydrogen) atoms. The van der Waals surface area contributed by atoms with Crippen LogP contribution in [0.3, 0.4) is 0 Å². The van der Waals surface area contributed by atoms with Gasteiger partial charge < -0.3 is 58.1 Å². The third-order valence-electron chi connectivity index (χ3n) is 8.92. The second kappa shape index (κ2) is 22.3. The summed E-state index contributed by atoms with van der Waals surface area (Å²) in [5.41, 5.74) is 11.5.